The first-order valence-corrected chi connectivity index (χ1v) is 9.98. The van der Waals surface area contributed by atoms with E-state index in [1.165, 1.54) is 28.0 Å². The van der Waals surface area contributed by atoms with Crippen LogP contribution in [0.25, 0.3) is 0 Å². The minimum Gasteiger partial charge on any atom is -0.489 e. The molecule has 1 heterocycles. The molecule has 0 aliphatic heterocycles. The maximum atomic E-state index is 12.5. The summed E-state index contributed by atoms with van der Waals surface area (Å²) in [5, 5.41) is 4.93. The highest BCUT2D eigenvalue weighted by molar-refractivity contribution is 7.12. The van der Waals surface area contributed by atoms with Gasteiger partial charge < -0.3 is 10.1 Å². The molecule has 2 aromatic carbocycles. The van der Waals surface area contributed by atoms with Gasteiger partial charge in [-0.3, -0.25) is 4.79 Å². The lowest BCUT2D eigenvalue weighted by Gasteiger charge is -2.08. The third kappa shape index (κ3) is 5.20. The molecule has 0 saturated heterocycles. The van der Waals surface area contributed by atoms with Crippen molar-refractivity contribution in [3.63, 3.8) is 0 Å². The highest BCUT2D eigenvalue weighted by Gasteiger charge is 2.10. The van der Waals surface area contributed by atoms with Crippen molar-refractivity contribution in [2.24, 2.45) is 0 Å². The quantitative estimate of drug-likeness (QED) is 0.544. The molecule has 4 heteroatoms. The highest BCUT2D eigenvalue weighted by Crippen LogP contribution is 2.22. The van der Waals surface area contributed by atoms with Crippen molar-refractivity contribution >= 4 is 22.9 Å². The molecule has 0 aliphatic rings. The predicted molar refractivity (Wildman–Crippen MR) is 113 cm³/mol. The highest BCUT2D eigenvalue weighted by atomic mass is 32.1. The molecule has 0 atom stereocenters. The van der Waals surface area contributed by atoms with Crippen molar-refractivity contribution in [2.75, 3.05) is 5.32 Å². The summed E-state index contributed by atoms with van der Waals surface area (Å²) in [6.07, 6.45) is 0. The third-order valence-electron chi connectivity index (χ3n) is 4.31. The molecule has 27 heavy (non-hydrogen) atoms. The van der Waals surface area contributed by atoms with Crippen molar-refractivity contribution in [3.8, 4) is 5.75 Å². The van der Waals surface area contributed by atoms with Crippen LogP contribution < -0.4 is 10.1 Å². The van der Waals surface area contributed by atoms with E-state index in [9.17, 15) is 4.79 Å². The summed E-state index contributed by atoms with van der Waals surface area (Å²) in [5.74, 6) is 1.25. The van der Waals surface area contributed by atoms with E-state index in [-0.39, 0.29) is 5.91 Å². The molecule has 0 bridgehead atoms. The molecule has 0 aliphatic carbocycles. The van der Waals surface area contributed by atoms with Crippen LogP contribution in [-0.2, 0) is 6.61 Å². The van der Waals surface area contributed by atoms with E-state index in [0.717, 1.165) is 17.0 Å². The van der Waals surface area contributed by atoms with Gasteiger partial charge >= 0.3 is 0 Å². The monoisotopic (exact) mass is 379 g/mol. The number of rotatable bonds is 6. The molecule has 0 unspecified atom stereocenters. The molecule has 3 rings (SSSR count). The number of amides is 1. The lowest BCUT2D eigenvalue weighted by Crippen LogP contribution is -2.10. The first-order chi connectivity index (χ1) is 12.9. The van der Waals surface area contributed by atoms with Crippen LogP contribution in [0.3, 0.4) is 0 Å². The maximum absolute atomic E-state index is 12.5. The minimum absolute atomic E-state index is 0.0880. The average Bonchev–Trinajstić information content (AvgIpc) is 3.09. The Hall–Kier alpha value is -2.59. The summed E-state index contributed by atoms with van der Waals surface area (Å²) in [4.78, 5) is 13.2. The lowest BCUT2D eigenvalue weighted by molar-refractivity contribution is 0.103. The van der Waals surface area contributed by atoms with Crippen molar-refractivity contribution in [1.82, 2.24) is 0 Å². The second-order valence-corrected chi connectivity index (χ2v) is 8.07. The summed E-state index contributed by atoms with van der Waals surface area (Å²) in [5.41, 5.74) is 5.43. The predicted octanol–water partition coefficient (Wildman–Crippen LogP) is 6.32. The van der Waals surface area contributed by atoms with Crippen LogP contribution in [0.2, 0.25) is 0 Å². The van der Waals surface area contributed by atoms with Gasteiger partial charge in [-0.2, -0.15) is 0 Å². The molecule has 3 aromatic rings. The van der Waals surface area contributed by atoms with E-state index >= 15 is 0 Å². The fraction of sp³-hybridized carbons (Fsp3) is 0.261. The molecule has 0 spiro atoms. The van der Waals surface area contributed by atoms with E-state index < -0.39 is 0 Å². The van der Waals surface area contributed by atoms with Gasteiger partial charge in [0.15, 0.2) is 0 Å². The topological polar surface area (TPSA) is 38.3 Å². The Morgan fingerprint density at radius 1 is 1.04 bits per heavy atom. The van der Waals surface area contributed by atoms with Crippen LogP contribution in [0.1, 0.15) is 51.7 Å². The van der Waals surface area contributed by atoms with Crippen LogP contribution in [-0.4, -0.2) is 5.91 Å². The van der Waals surface area contributed by atoms with Gasteiger partial charge in [0.1, 0.15) is 12.4 Å². The van der Waals surface area contributed by atoms with Crippen LogP contribution in [0.5, 0.6) is 5.75 Å². The van der Waals surface area contributed by atoms with Gasteiger partial charge in [0, 0.05) is 11.3 Å². The largest absolute Gasteiger partial charge is 0.489 e. The van der Waals surface area contributed by atoms with Crippen molar-refractivity contribution in [1.29, 1.82) is 0 Å². The standard InChI is InChI=1S/C23H25NO2S/c1-15(2)19-5-7-20(8-6-19)24-23(25)22-12-18(14-27-22)13-26-21-10-16(3)9-17(4)11-21/h5-12,14-15H,13H2,1-4H3,(H,24,25). The summed E-state index contributed by atoms with van der Waals surface area (Å²) in [7, 11) is 0. The molecule has 0 saturated carbocycles. The molecule has 0 radical (unpaired) electrons. The second-order valence-electron chi connectivity index (χ2n) is 7.16. The Labute approximate surface area is 165 Å². The summed E-state index contributed by atoms with van der Waals surface area (Å²) in [6, 6.07) is 16.1. The molecule has 0 fully saturated rings. The van der Waals surface area contributed by atoms with E-state index in [1.54, 1.807) is 0 Å². The van der Waals surface area contributed by atoms with Crippen molar-refractivity contribution < 1.29 is 9.53 Å². The molecule has 3 nitrogen and oxygen atoms in total. The summed E-state index contributed by atoms with van der Waals surface area (Å²) < 4.78 is 5.88. The summed E-state index contributed by atoms with van der Waals surface area (Å²) in [6.45, 7) is 8.87. The zero-order valence-electron chi connectivity index (χ0n) is 16.2. The molecule has 1 aromatic heterocycles. The molecule has 1 amide bonds. The van der Waals surface area contributed by atoms with Crippen LogP contribution in [0, 0.1) is 13.8 Å². The number of ether oxygens (including phenoxy) is 1. The molecular formula is C23H25NO2S. The smallest absolute Gasteiger partial charge is 0.265 e. The van der Waals surface area contributed by atoms with Crippen molar-refractivity contribution in [2.45, 2.75) is 40.2 Å². The van der Waals surface area contributed by atoms with Gasteiger partial charge in [0.25, 0.3) is 5.91 Å². The van der Waals surface area contributed by atoms with Crippen LogP contribution in [0.15, 0.2) is 53.9 Å². The third-order valence-corrected chi connectivity index (χ3v) is 5.29. The number of hydrogen-bond donors (Lipinski definition) is 1. The Morgan fingerprint density at radius 2 is 1.70 bits per heavy atom. The SMILES string of the molecule is Cc1cc(C)cc(OCc2csc(C(=O)Nc3ccc(C(C)C)cc3)c2)c1. The van der Waals surface area contributed by atoms with Gasteiger partial charge in [0.2, 0.25) is 0 Å². The Balaban J connectivity index is 1.60. The number of anilines is 1. The number of thiophene rings is 1. The lowest BCUT2D eigenvalue weighted by atomic mass is 10.0. The maximum Gasteiger partial charge on any atom is 0.265 e. The van der Waals surface area contributed by atoms with Gasteiger partial charge in [-0.1, -0.05) is 32.0 Å². The number of carbonyl (C=O) groups excluding carboxylic acids is 1. The van der Waals surface area contributed by atoms with Crippen LogP contribution >= 0.6 is 11.3 Å². The first kappa shape index (κ1) is 19.2. The van der Waals surface area contributed by atoms with Gasteiger partial charge in [-0.15, -0.1) is 11.3 Å². The zero-order valence-corrected chi connectivity index (χ0v) is 17.0. The Kier molecular flexibility index (Phi) is 5.97. The molecule has 140 valence electrons. The van der Waals surface area contributed by atoms with E-state index in [2.05, 4.69) is 51.2 Å². The Morgan fingerprint density at radius 3 is 2.33 bits per heavy atom. The van der Waals surface area contributed by atoms with Crippen molar-refractivity contribution in [3.05, 3.63) is 81.0 Å². The van der Waals surface area contributed by atoms with E-state index in [4.69, 9.17) is 4.74 Å². The number of carbonyl (C=O) groups is 1. The number of nitrogens with one attached hydrogen (secondary N) is 1. The van der Waals surface area contributed by atoms with E-state index in [1.807, 2.05) is 35.7 Å². The second kappa shape index (κ2) is 8.40. The first-order valence-electron chi connectivity index (χ1n) is 9.10. The number of aryl methyl sites for hydroxylation is 2. The fourth-order valence-corrected chi connectivity index (χ4v) is 3.69. The van der Waals surface area contributed by atoms with Gasteiger partial charge in [0.05, 0.1) is 4.88 Å². The van der Waals surface area contributed by atoms with Gasteiger partial charge in [-0.05, 0) is 72.2 Å². The fourth-order valence-electron chi connectivity index (χ4n) is 2.90. The molecule has 1 N–H and O–H groups in total. The Bertz CT molecular complexity index is 906. The zero-order chi connectivity index (χ0) is 19.4. The number of benzene rings is 2. The summed E-state index contributed by atoms with van der Waals surface area (Å²) >= 11 is 1.43. The minimum atomic E-state index is -0.0880. The van der Waals surface area contributed by atoms with Crippen LogP contribution in [0.4, 0.5) is 5.69 Å². The van der Waals surface area contributed by atoms with Gasteiger partial charge in [-0.25, -0.2) is 0 Å². The van der Waals surface area contributed by atoms with E-state index in [0.29, 0.717) is 17.4 Å². The normalized spacial score (nSPS) is 10.9. The average molecular weight is 380 g/mol. The molecular weight excluding hydrogens is 354 g/mol. The number of hydrogen-bond acceptors (Lipinski definition) is 3.